The maximum absolute atomic E-state index is 5.23. The molecule has 1 heterocycles. The third kappa shape index (κ3) is 3.29. The van der Waals surface area contributed by atoms with Crippen LogP contribution in [0, 0.1) is 0 Å². The third-order valence-electron chi connectivity index (χ3n) is 2.21. The van der Waals surface area contributed by atoms with Crippen LogP contribution in [-0.2, 0) is 6.42 Å². The lowest BCUT2D eigenvalue weighted by Gasteiger charge is -2.08. The van der Waals surface area contributed by atoms with E-state index in [4.69, 9.17) is 4.74 Å². The second-order valence-electron chi connectivity index (χ2n) is 3.20. The van der Waals surface area contributed by atoms with Gasteiger partial charge >= 0.3 is 0 Å². The Balaban J connectivity index is 2.57. The van der Waals surface area contributed by atoms with Gasteiger partial charge in [0.15, 0.2) is 0 Å². The van der Waals surface area contributed by atoms with Gasteiger partial charge in [-0.15, -0.1) is 0 Å². The molecule has 0 bridgehead atoms. The van der Waals surface area contributed by atoms with Crippen molar-refractivity contribution in [1.82, 2.24) is 4.98 Å². The van der Waals surface area contributed by atoms with Gasteiger partial charge in [-0.3, -0.25) is 4.98 Å². The van der Waals surface area contributed by atoms with Gasteiger partial charge in [-0.25, -0.2) is 0 Å². The van der Waals surface area contributed by atoms with Gasteiger partial charge < -0.3 is 4.74 Å². The van der Waals surface area contributed by atoms with Gasteiger partial charge in [0.2, 0.25) is 0 Å². The highest BCUT2D eigenvalue weighted by Crippen LogP contribution is 2.19. The van der Waals surface area contributed by atoms with Crippen molar-refractivity contribution in [3.05, 3.63) is 24.0 Å². The van der Waals surface area contributed by atoms with Crippen molar-refractivity contribution in [3.63, 3.8) is 0 Å². The molecule has 1 unspecified atom stereocenters. The summed E-state index contributed by atoms with van der Waals surface area (Å²) in [5, 5.41) is 0. The van der Waals surface area contributed by atoms with Crippen LogP contribution in [0.5, 0.6) is 5.75 Å². The maximum Gasteiger partial charge on any atom is 0.140 e. The monoisotopic (exact) mass is 257 g/mol. The standard InChI is InChI=1S/C11H16BrNO/c1-3-9(12)6-7-10-11(14-2)5-4-8-13-10/h4-5,8-9H,3,6-7H2,1-2H3. The molecule has 0 aliphatic rings. The van der Waals surface area contributed by atoms with Gasteiger partial charge in [-0.2, -0.15) is 0 Å². The summed E-state index contributed by atoms with van der Waals surface area (Å²) in [6.45, 7) is 2.18. The zero-order valence-corrected chi connectivity index (χ0v) is 10.3. The van der Waals surface area contributed by atoms with Gasteiger partial charge in [0, 0.05) is 11.0 Å². The van der Waals surface area contributed by atoms with E-state index in [1.54, 1.807) is 7.11 Å². The molecule has 1 atom stereocenters. The number of aryl methyl sites for hydroxylation is 1. The fourth-order valence-corrected chi connectivity index (χ4v) is 1.52. The molecule has 0 aliphatic heterocycles. The first-order chi connectivity index (χ1) is 6.77. The minimum Gasteiger partial charge on any atom is -0.495 e. The normalized spacial score (nSPS) is 12.5. The molecule has 0 aliphatic carbocycles. The number of hydrogen-bond donors (Lipinski definition) is 0. The Kier molecular flexibility index (Phi) is 4.94. The fourth-order valence-electron chi connectivity index (χ4n) is 1.29. The first-order valence-corrected chi connectivity index (χ1v) is 5.81. The van der Waals surface area contributed by atoms with Crippen molar-refractivity contribution in [1.29, 1.82) is 0 Å². The number of hydrogen-bond acceptors (Lipinski definition) is 2. The SMILES string of the molecule is CCC(Br)CCc1ncccc1OC. The van der Waals surface area contributed by atoms with E-state index >= 15 is 0 Å². The second-order valence-corrected chi connectivity index (χ2v) is 4.49. The predicted molar refractivity (Wildman–Crippen MR) is 62.1 cm³/mol. The van der Waals surface area contributed by atoms with Crippen molar-refractivity contribution in [2.75, 3.05) is 7.11 Å². The molecule has 1 aromatic rings. The number of ether oxygens (including phenoxy) is 1. The van der Waals surface area contributed by atoms with Crippen LogP contribution >= 0.6 is 15.9 Å². The molecule has 2 nitrogen and oxygen atoms in total. The minimum atomic E-state index is 0.578. The third-order valence-corrected chi connectivity index (χ3v) is 3.31. The second kappa shape index (κ2) is 6.02. The Labute approximate surface area is 93.8 Å². The molecule has 14 heavy (non-hydrogen) atoms. The van der Waals surface area contributed by atoms with Gasteiger partial charge in [0.05, 0.1) is 12.8 Å². The molecule has 0 saturated heterocycles. The van der Waals surface area contributed by atoms with Gasteiger partial charge in [0.25, 0.3) is 0 Å². The van der Waals surface area contributed by atoms with Crippen LogP contribution in [0.1, 0.15) is 25.5 Å². The number of methoxy groups -OCH3 is 1. The van der Waals surface area contributed by atoms with E-state index in [0.29, 0.717) is 4.83 Å². The lowest BCUT2D eigenvalue weighted by molar-refractivity contribution is 0.406. The Bertz CT molecular complexity index is 278. The molecule has 0 N–H and O–H groups in total. The molecule has 0 amide bonds. The quantitative estimate of drug-likeness (QED) is 0.756. The summed E-state index contributed by atoms with van der Waals surface area (Å²) in [7, 11) is 1.69. The highest BCUT2D eigenvalue weighted by Gasteiger charge is 2.06. The predicted octanol–water partition coefficient (Wildman–Crippen LogP) is 3.20. The Hall–Kier alpha value is -0.570. The number of aromatic nitrogens is 1. The molecule has 0 radical (unpaired) electrons. The summed E-state index contributed by atoms with van der Waals surface area (Å²) >= 11 is 3.61. The summed E-state index contributed by atoms with van der Waals surface area (Å²) in [6.07, 6.45) is 5.03. The molecule has 0 fully saturated rings. The molecule has 0 aromatic carbocycles. The van der Waals surface area contributed by atoms with Crippen LogP contribution in [0.25, 0.3) is 0 Å². The molecule has 0 spiro atoms. The van der Waals surface area contributed by atoms with Crippen molar-refractivity contribution in [3.8, 4) is 5.75 Å². The summed E-state index contributed by atoms with van der Waals surface area (Å²) < 4.78 is 5.23. The number of halogens is 1. The highest BCUT2D eigenvalue weighted by atomic mass is 79.9. The number of pyridine rings is 1. The van der Waals surface area contributed by atoms with Gasteiger partial charge in [-0.1, -0.05) is 22.9 Å². The van der Waals surface area contributed by atoms with E-state index in [-0.39, 0.29) is 0 Å². The van der Waals surface area contributed by atoms with Crippen LogP contribution in [0.4, 0.5) is 0 Å². The smallest absolute Gasteiger partial charge is 0.140 e. The van der Waals surface area contributed by atoms with Crippen LogP contribution in [0.15, 0.2) is 18.3 Å². The first kappa shape index (κ1) is 11.5. The highest BCUT2D eigenvalue weighted by molar-refractivity contribution is 9.09. The van der Waals surface area contributed by atoms with Crippen molar-refractivity contribution in [2.24, 2.45) is 0 Å². The Morgan fingerprint density at radius 2 is 2.36 bits per heavy atom. The zero-order valence-electron chi connectivity index (χ0n) is 8.66. The van der Waals surface area contributed by atoms with Crippen molar-refractivity contribution < 1.29 is 4.74 Å². The van der Waals surface area contributed by atoms with Crippen LogP contribution in [0.3, 0.4) is 0 Å². The van der Waals surface area contributed by atoms with Crippen molar-refractivity contribution in [2.45, 2.75) is 31.0 Å². The van der Waals surface area contributed by atoms with E-state index < -0.39 is 0 Å². The van der Waals surface area contributed by atoms with E-state index in [1.807, 2.05) is 18.3 Å². The Morgan fingerprint density at radius 1 is 1.57 bits per heavy atom. The summed E-state index contributed by atoms with van der Waals surface area (Å²) in [5.41, 5.74) is 1.05. The van der Waals surface area contributed by atoms with Crippen LogP contribution in [-0.4, -0.2) is 16.9 Å². The summed E-state index contributed by atoms with van der Waals surface area (Å²) in [6, 6.07) is 3.85. The van der Waals surface area contributed by atoms with Crippen molar-refractivity contribution >= 4 is 15.9 Å². The average Bonchev–Trinajstić information content (AvgIpc) is 2.26. The molecular formula is C11H16BrNO. The molecule has 1 rings (SSSR count). The van der Waals surface area contributed by atoms with E-state index in [2.05, 4.69) is 27.8 Å². The summed E-state index contributed by atoms with van der Waals surface area (Å²) in [5.74, 6) is 0.892. The average molecular weight is 258 g/mol. The zero-order chi connectivity index (χ0) is 10.4. The van der Waals surface area contributed by atoms with E-state index in [0.717, 1.165) is 30.7 Å². The molecule has 3 heteroatoms. The first-order valence-electron chi connectivity index (χ1n) is 4.89. The molecular weight excluding hydrogens is 242 g/mol. The van der Waals surface area contributed by atoms with E-state index in [9.17, 15) is 0 Å². The molecule has 78 valence electrons. The molecule has 0 saturated carbocycles. The van der Waals surface area contributed by atoms with Crippen LogP contribution < -0.4 is 4.74 Å². The minimum absolute atomic E-state index is 0.578. The lowest BCUT2D eigenvalue weighted by Crippen LogP contribution is -2.01. The van der Waals surface area contributed by atoms with Gasteiger partial charge in [0.1, 0.15) is 5.75 Å². The largest absolute Gasteiger partial charge is 0.495 e. The Morgan fingerprint density at radius 3 is 3.00 bits per heavy atom. The molecule has 1 aromatic heterocycles. The van der Waals surface area contributed by atoms with Gasteiger partial charge in [-0.05, 0) is 31.4 Å². The summed E-state index contributed by atoms with van der Waals surface area (Å²) in [4.78, 5) is 4.89. The maximum atomic E-state index is 5.23. The number of nitrogens with zero attached hydrogens (tertiary/aromatic N) is 1. The fraction of sp³-hybridized carbons (Fsp3) is 0.545. The van der Waals surface area contributed by atoms with Crippen LogP contribution in [0.2, 0.25) is 0 Å². The lowest BCUT2D eigenvalue weighted by atomic mass is 10.1. The number of rotatable bonds is 5. The van der Waals surface area contributed by atoms with E-state index in [1.165, 1.54) is 0 Å². The number of alkyl halides is 1. The topological polar surface area (TPSA) is 22.1 Å².